The average molecular weight is 290 g/mol. The van der Waals surface area contributed by atoms with Gasteiger partial charge in [-0.1, -0.05) is 44.1 Å². The Morgan fingerprint density at radius 3 is 2.55 bits per heavy atom. The van der Waals surface area contributed by atoms with Gasteiger partial charge in [-0.15, -0.1) is 0 Å². The number of nitrogens with one attached hydrogen (secondary N) is 2. The number of thiocarbonyl (C=S) groups is 1. The number of aryl methyl sites for hydroxylation is 1. The van der Waals surface area contributed by atoms with Crippen LogP contribution in [0, 0.1) is 0 Å². The molecule has 1 aliphatic rings. The maximum absolute atomic E-state index is 11.9. The van der Waals surface area contributed by atoms with Crippen molar-refractivity contribution in [3.05, 3.63) is 29.8 Å². The maximum atomic E-state index is 11.9. The van der Waals surface area contributed by atoms with Gasteiger partial charge < -0.3 is 10.6 Å². The number of rotatable bonds is 6. The number of unbranched alkanes of at least 4 members (excludes halogenated alkanes) is 2. The Balaban J connectivity index is 1.80. The first-order valence-electron chi connectivity index (χ1n) is 7.40. The van der Waals surface area contributed by atoms with Crippen molar-refractivity contribution in [1.29, 1.82) is 0 Å². The smallest absolute Gasteiger partial charge is 0.283 e. The predicted molar refractivity (Wildman–Crippen MR) is 87.1 cm³/mol. The summed E-state index contributed by atoms with van der Waals surface area (Å²) < 4.78 is 0. The normalized spacial score (nSPS) is 13.8. The molecule has 1 aliphatic carbocycles. The van der Waals surface area contributed by atoms with Crippen molar-refractivity contribution in [2.24, 2.45) is 0 Å². The molecule has 1 amide bonds. The summed E-state index contributed by atoms with van der Waals surface area (Å²) in [4.78, 5) is 12.1. The Bertz CT molecular complexity index is 466. The second-order valence-corrected chi connectivity index (χ2v) is 5.76. The van der Waals surface area contributed by atoms with Crippen molar-refractivity contribution >= 4 is 28.8 Å². The summed E-state index contributed by atoms with van der Waals surface area (Å²) in [6.07, 6.45) is 7.04. The summed E-state index contributed by atoms with van der Waals surface area (Å²) in [7, 11) is 0. The highest BCUT2D eigenvalue weighted by Gasteiger charge is 2.24. The number of benzene rings is 1. The van der Waals surface area contributed by atoms with E-state index in [1.807, 2.05) is 12.1 Å². The highest BCUT2D eigenvalue weighted by atomic mass is 32.1. The molecule has 0 bridgehead atoms. The number of carbonyl (C=O) groups is 1. The molecule has 20 heavy (non-hydrogen) atoms. The van der Waals surface area contributed by atoms with Crippen LogP contribution in [0.25, 0.3) is 0 Å². The Labute approximate surface area is 126 Å². The van der Waals surface area contributed by atoms with Crippen LogP contribution in [0.15, 0.2) is 24.3 Å². The topological polar surface area (TPSA) is 41.1 Å². The Morgan fingerprint density at radius 2 is 1.95 bits per heavy atom. The van der Waals surface area contributed by atoms with Gasteiger partial charge in [0.1, 0.15) is 0 Å². The van der Waals surface area contributed by atoms with Crippen molar-refractivity contribution in [2.75, 3.05) is 5.32 Å². The van der Waals surface area contributed by atoms with E-state index in [4.69, 9.17) is 12.2 Å². The highest BCUT2D eigenvalue weighted by Crippen LogP contribution is 2.19. The van der Waals surface area contributed by atoms with E-state index in [0.717, 1.165) is 24.9 Å². The minimum absolute atomic E-state index is 0.217. The van der Waals surface area contributed by atoms with Gasteiger partial charge in [-0.25, -0.2) is 0 Å². The third-order valence-electron chi connectivity index (χ3n) is 3.40. The van der Waals surface area contributed by atoms with Gasteiger partial charge in [-0.05, 0) is 43.4 Å². The summed E-state index contributed by atoms with van der Waals surface area (Å²) in [5.41, 5.74) is 2.12. The molecule has 1 fully saturated rings. The zero-order valence-corrected chi connectivity index (χ0v) is 12.8. The first-order chi connectivity index (χ1) is 9.69. The van der Waals surface area contributed by atoms with Gasteiger partial charge in [0.25, 0.3) is 5.91 Å². The lowest BCUT2D eigenvalue weighted by atomic mass is 10.1. The fourth-order valence-corrected chi connectivity index (χ4v) is 2.22. The van der Waals surface area contributed by atoms with Crippen LogP contribution in [0.5, 0.6) is 0 Å². The first kappa shape index (κ1) is 15.0. The fourth-order valence-electron chi connectivity index (χ4n) is 2.00. The minimum atomic E-state index is -0.217. The summed E-state index contributed by atoms with van der Waals surface area (Å²) in [5, 5.41) is 5.87. The molecule has 0 saturated heterocycles. The fraction of sp³-hybridized carbons (Fsp3) is 0.500. The van der Waals surface area contributed by atoms with Crippen LogP contribution in [0.3, 0.4) is 0 Å². The second-order valence-electron chi connectivity index (χ2n) is 5.36. The molecule has 0 heterocycles. The molecule has 1 aromatic carbocycles. The van der Waals surface area contributed by atoms with Gasteiger partial charge in [-0.3, -0.25) is 4.79 Å². The summed E-state index contributed by atoms with van der Waals surface area (Å²) in [5.74, 6) is -0.217. The van der Waals surface area contributed by atoms with Crippen LogP contribution in [0.4, 0.5) is 5.69 Å². The Hall–Kier alpha value is -1.42. The van der Waals surface area contributed by atoms with Gasteiger partial charge in [0.05, 0.1) is 0 Å². The SMILES string of the molecule is CCCCCc1ccc(NC(=O)C(=S)NC2CC2)cc1. The molecule has 0 atom stereocenters. The lowest BCUT2D eigenvalue weighted by molar-refractivity contribution is -0.110. The number of anilines is 1. The molecule has 4 heteroatoms. The quantitative estimate of drug-likeness (QED) is 0.623. The lowest BCUT2D eigenvalue weighted by Crippen LogP contribution is -2.35. The van der Waals surface area contributed by atoms with Crippen molar-refractivity contribution in [1.82, 2.24) is 5.32 Å². The molecule has 0 radical (unpaired) electrons. The summed E-state index contributed by atoms with van der Waals surface area (Å²) >= 11 is 5.07. The zero-order valence-electron chi connectivity index (χ0n) is 11.9. The second kappa shape index (κ2) is 7.39. The van der Waals surface area contributed by atoms with Crippen LogP contribution in [-0.2, 0) is 11.2 Å². The number of hydrogen-bond acceptors (Lipinski definition) is 2. The molecule has 0 unspecified atom stereocenters. The van der Waals surface area contributed by atoms with E-state index >= 15 is 0 Å². The largest absolute Gasteiger partial charge is 0.369 e. The standard InChI is InChI=1S/C16H22N2OS/c1-2-3-4-5-12-6-8-13(9-7-12)17-15(19)16(20)18-14-10-11-14/h6-9,14H,2-5,10-11H2,1H3,(H,17,19)(H,18,20). The van der Waals surface area contributed by atoms with Crippen molar-refractivity contribution in [2.45, 2.75) is 51.5 Å². The molecule has 108 valence electrons. The van der Waals surface area contributed by atoms with E-state index in [1.54, 1.807) is 0 Å². The molecule has 2 N–H and O–H groups in total. The number of hydrogen-bond donors (Lipinski definition) is 2. The number of carbonyl (C=O) groups excluding carboxylic acids is 1. The molecule has 0 aromatic heterocycles. The van der Waals surface area contributed by atoms with Crippen molar-refractivity contribution in [3.63, 3.8) is 0 Å². The highest BCUT2D eigenvalue weighted by molar-refractivity contribution is 7.82. The molecule has 3 nitrogen and oxygen atoms in total. The Kier molecular flexibility index (Phi) is 5.53. The average Bonchev–Trinajstić information content (AvgIpc) is 3.25. The van der Waals surface area contributed by atoms with Gasteiger partial charge in [0.15, 0.2) is 4.99 Å². The van der Waals surface area contributed by atoms with Gasteiger partial charge in [0, 0.05) is 11.7 Å². The third-order valence-corrected chi connectivity index (χ3v) is 3.70. The van der Waals surface area contributed by atoms with Gasteiger partial charge in [0.2, 0.25) is 0 Å². The third kappa shape index (κ3) is 4.93. The molecule has 1 aromatic rings. The van der Waals surface area contributed by atoms with Gasteiger partial charge in [-0.2, -0.15) is 0 Å². The van der Waals surface area contributed by atoms with Crippen LogP contribution in [0.1, 0.15) is 44.6 Å². The van der Waals surface area contributed by atoms with E-state index in [2.05, 4.69) is 29.7 Å². The minimum Gasteiger partial charge on any atom is -0.369 e. The summed E-state index contributed by atoms with van der Waals surface area (Å²) in [6, 6.07) is 8.44. The van der Waals surface area contributed by atoms with E-state index in [1.165, 1.54) is 24.8 Å². The molecule has 0 spiro atoms. The predicted octanol–water partition coefficient (Wildman–Crippen LogP) is 3.44. The first-order valence-corrected chi connectivity index (χ1v) is 7.80. The lowest BCUT2D eigenvalue weighted by Gasteiger charge is -2.08. The maximum Gasteiger partial charge on any atom is 0.283 e. The number of amides is 1. The monoisotopic (exact) mass is 290 g/mol. The van der Waals surface area contributed by atoms with E-state index in [-0.39, 0.29) is 5.91 Å². The van der Waals surface area contributed by atoms with Crippen LogP contribution >= 0.6 is 12.2 Å². The van der Waals surface area contributed by atoms with E-state index in [9.17, 15) is 4.79 Å². The van der Waals surface area contributed by atoms with Crippen LogP contribution in [0.2, 0.25) is 0 Å². The summed E-state index contributed by atoms with van der Waals surface area (Å²) in [6.45, 7) is 2.21. The zero-order chi connectivity index (χ0) is 14.4. The van der Waals surface area contributed by atoms with Crippen molar-refractivity contribution < 1.29 is 4.79 Å². The molecule has 1 saturated carbocycles. The van der Waals surface area contributed by atoms with Crippen LogP contribution < -0.4 is 10.6 Å². The molecular weight excluding hydrogens is 268 g/mol. The van der Waals surface area contributed by atoms with E-state index < -0.39 is 0 Å². The molecule has 2 rings (SSSR count). The van der Waals surface area contributed by atoms with Crippen molar-refractivity contribution in [3.8, 4) is 0 Å². The molecular formula is C16H22N2OS. The Morgan fingerprint density at radius 1 is 1.25 bits per heavy atom. The van der Waals surface area contributed by atoms with E-state index in [0.29, 0.717) is 11.0 Å². The van der Waals surface area contributed by atoms with Gasteiger partial charge >= 0.3 is 0 Å². The van der Waals surface area contributed by atoms with Crippen LogP contribution in [-0.4, -0.2) is 16.9 Å². The molecule has 0 aliphatic heterocycles.